The molecule has 2 aromatic heterocycles. The van der Waals surface area contributed by atoms with Gasteiger partial charge < -0.3 is 4.74 Å². The molecule has 2 heterocycles. The van der Waals surface area contributed by atoms with Gasteiger partial charge in [0.1, 0.15) is 9.77 Å². The number of aromatic nitrogens is 1. The number of thiophene rings is 1. The number of carbonyl (C=O) groups excluding carboxylic acids is 1. The van der Waals surface area contributed by atoms with Crippen molar-refractivity contribution in [3.05, 3.63) is 38.2 Å². The topological polar surface area (TPSA) is 85.4 Å². The summed E-state index contributed by atoms with van der Waals surface area (Å²) in [6, 6.07) is 2.69. The van der Waals surface area contributed by atoms with Crippen molar-refractivity contribution in [1.29, 1.82) is 0 Å². The summed E-state index contributed by atoms with van der Waals surface area (Å²) in [5, 5.41) is 0.216. The molecular formula is C11H8BrClN2O4S2. The largest absolute Gasteiger partial charge is 0.465 e. The van der Waals surface area contributed by atoms with Gasteiger partial charge in [-0.1, -0.05) is 11.6 Å². The summed E-state index contributed by atoms with van der Waals surface area (Å²) in [6.45, 7) is 0. The van der Waals surface area contributed by atoms with Crippen LogP contribution in [0.2, 0.25) is 5.02 Å². The molecule has 10 heteroatoms. The van der Waals surface area contributed by atoms with E-state index in [1.165, 1.54) is 31.6 Å². The molecule has 0 saturated heterocycles. The van der Waals surface area contributed by atoms with Crippen LogP contribution in [0.25, 0.3) is 0 Å². The van der Waals surface area contributed by atoms with E-state index in [4.69, 9.17) is 11.6 Å². The number of rotatable bonds is 4. The molecule has 0 atom stereocenters. The molecule has 1 N–H and O–H groups in total. The van der Waals surface area contributed by atoms with Gasteiger partial charge in [-0.2, -0.15) is 0 Å². The van der Waals surface area contributed by atoms with Crippen LogP contribution in [0.15, 0.2) is 33.2 Å². The van der Waals surface area contributed by atoms with Crippen LogP contribution < -0.4 is 4.72 Å². The Hall–Kier alpha value is -1.16. The van der Waals surface area contributed by atoms with Crippen molar-refractivity contribution in [1.82, 2.24) is 4.98 Å². The van der Waals surface area contributed by atoms with E-state index in [2.05, 4.69) is 30.4 Å². The number of methoxy groups -OCH3 is 1. The van der Waals surface area contributed by atoms with Crippen molar-refractivity contribution < 1.29 is 17.9 Å². The number of carbonyl (C=O) groups is 1. The molecule has 0 radical (unpaired) electrons. The first kappa shape index (κ1) is 16.2. The number of halogens is 2. The maximum atomic E-state index is 12.3. The van der Waals surface area contributed by atoms with Gasteiger partial charge in [0.2, 0.25) is 0 Å². The summed E-state index contributed by atoms with van der Waals surface area (Å²) in [4.78, 5) is 15.3. The summed E-state index contributed by atoms with van der Waals surface area (Å²) < 4.78 is 31.8. The molecule has 6 nitrogen and oxygen atoms in total. The minimum atomic E-state index is -3.91. The van der Waals surface area contributed by atoms with Gasteiger partial charge in [0, 0.05) is 6.20 Å². The molecule has 0 saturated carbocycles. The summed E-state index contributed by atoms with van der Waals surface area (Å²) in [6.07, 6.45) is 2.73. The average Bonchev–Trinajstić information content (AvgIpc) is 2.83. The molecule has 0 aliphatic rings. The van der Waals surface area contributed by atoms with Crippen molar-refractivity contribution in [2.45, 2.75) is 4.90 Å². The zero-order chi connectivity index (χ0) is 15.6. The van der Waals surface area contributed by atoms with E-state index in [1.807, 2.05) is 0 Å². The van der Waals surface area contributed by atoms with Crippen LogP contribution >= 0.6 is 38.9 Å². The fourth-order valence-corrected chi connectivity index (χ4v) is 5.15. The van der Waals surface area contributed by atoms with Crippen LogP contribution in [0.1, 0.15) is 9.67 Å². The van der Waals surface area contributed by atoms with Gasteiger partial charge in [-0.3, -0.25) is 9.71 Å². The van der Waals surface area contributed by atoms with Crippen LogP contribution in [0, 0.1) is 0 Å². The van der Waals surface area contributed by atoms with Gasteiger partial charge in [-0.25, -0.2) is 13.2 Å². The van der Waals surface area contributed by atoms with Gasteiger partial charge >= 0.3 is 5.97 Å². The SMILES string of the molecule is COC(=O)c1cc(S(=O)(=O)Nc2cnccc2Cl)c(Br)s1. The van der Waals surface area contributed by atoms with Crippen LogP contribution in [0.5, 0.6) is 0 Å². The Labute approximate surface area is 138 Å². The van der Waals surface area contributed by atoms with Crippen molar-refractivity contribution in [2.24, 2.45) is 0 Å². The van der Waals surface area contributed by atoms with E-state index in [1.54, 1.807) is 0 Å². The van der Waals surface area contributed by atoms with Crippen LogP contribution in [0.3, 0.4) is 0 Å². The van der Waals surface area contributed by atoms with Crippen molar-refractivity contribution in [3.8, 4) is 0 Å². The summed E-state index contributed by atoms with van der Waals surface area (Å²) in [7, 11) is -2.69. The summed E-state index contributed by atoms with van der Waals surface area (Å²) in [5.41, 5.74) is 0.150. The van der Waals surface area contributed by atoms with Crippen molar-refractivity contribution >= 4 is 60.5 Å². The molecule has 2 rings (SSSR count). The molecule has 112 valence electrons. The van der Waals surface area contributed by atoms with E-state index < -0.39 is 16.0 Å². The molecule has 0 unspecified atom stereocenters. The monoisotopic (exact) mass is 410 g/mol. The summed E-state index contributed by atoms with van der Waals surface area (Å²) in [5.74, 6) is -0.610. The maximum absolute atomic E-state index is 12.3. The van der Waals surface area contributed by atoms with Crippen LogP contribution in [0.4, 0.5) is 5.69 Å². The smallest absolute Gasteiger partial charge is 0.348 e. The third-order valence-electron chi connectivity index (χ3n) is 2.34. The zero-order valence-corrected chi connectivity index (χ0v) is 14.4. The Morgan fingerprint density at radius 3 is 2.86 bits per heavy atom. The molecular weight excluding hydrogens is 404 g/mol. The van der Waals surface area contributed by atoms with E-state index in [0.29, 0.717) is 0 Å². The molecule has 0 amide bonds. The van der Waals surface area contributed by atoms with Gasteiger partial charge in [-0.15, -0.1) is 11.3 Å². The Morgan fingerprint density at radius 1 is 1.52 bits per heavy atom. The fraction of sp³-hybridized carbons (Fsp3) is 0.0909. The molecule has 0 spiro atoms. The van der Waals surface area contributed by atoms with Crippen molar-refractivity contribution in [2.75, 3.05) is 11.8 Å². The van der Waals surface area contributed by atoms with Crippen molar-refractivity contribution in [3.63, 3.8) is 0 Å². The predicted octanol–water partition coefficient (Wildman–Crippen LogP) is 3.15. The second kappa shape index (κ2) is 6.30. The third kappa shape index (κ3) is 3.54. The minimum Gasteiger partial charge on any atom is -0.465 e. The van der Waals surface area contributed by atoms with Gasteiger partial charge in [-0.05, 0) is 28.1 Å². The lowest BCUT2D eigenvalue weighted by Crippen LogP contribution is -2.13. The standard InChI is InChI=1S/C11H8BrClN2O4S2/c1-19-11(16)8-4-9(10(12)20-8)21(17,18)15-7-5-14-3-2-6(7)13/h2-5,15H,1H3. The Morgan fingerprint density at radius 2 is 2.24 bits per heavy atom. The number of esters is 1. The normalized spacial score (nSPS) is 11.2. The van der Waals surface area contributed by atoms with Gasteiger partial charge in [0.25, 0.3) is 10.0 Å². The maximum Gasteiger partial charge on any atom is 0.348 e. The fourth-order valence-electron chi connectivity index (χ4n) is 1.39. The second-order valence-corrected chi connectivity index (χ2v) is 8.13. The number of anilines is 1. The lowest BCUT2D eigenvalue weighted by Gasteiger charge is -2.07. The Kier molecular flexibility index (Phi) is 4.87. The first-order chi connectivity index (χ1) is 9.85. The van der Waals surface area contributed by atoms with E-state index >= 15 is 0 Å². The zero-order valence-electron chi connectivity index (χ0n) is 10.5. The molecule has 0 fully saturated rings. The van der Waals surface area contributed by atoms with Crippen LogP contribution in [-0.2, 0) is 14.8 Å². The highest BCUT2D eigenvalue weighted by molar-refractivity contribution is 9.11. The first-order valence-electron chi connectivity index (χ1n) is 5.35. The molecule has 21 heavy (non-hydrogen) atoms. The lowest BCUT2D eigenvalue weighted by molar-refractivity contribution is 0.0606. The number of hydrogen-bond donors (Lipinski definition) is 1. The highest BCUT2D eigenvalue weighted by Gasteiger charge is 2.24. The highest BCUT2D eigenvalue weighted by atomic mass is 79.9. The lowest BCUT2D eigenvalue weighted by atomic mass is 10.4. The molecule has 0 aliphatic heterocycles. The minimum absolute atomic E-state index is 0.0761. The Balaban J connectivity index is 2.39. The van der Waals surface area contributed by atoms with Gasteiger partial charge in [0.05, 0.1) is 27.8 Å². The number of ether oxygens (including phenoxy) is 1. The first-order valence-corrected chi connectivity index (χ1v) is 8.82. The molecule has 2 aromatic rings. The average molecular weight is 412 g/mol. The number of pyridine rings is 1. The third-order valence-corrected chi connectivity index (χ3v) is 6.27. The quantitative estimate of drug-likeness (QED) is 0.781. The number of hydrogen-bond acceptors (Lipinski definition) is 6. The highest BCUT2D eigenvalue weighted by Crippen LogP contribution is 2.33. The number of nitrogens with one attached hydrogen (secondary N) is 1. The van der Waals surface area contributed by atoms with E-state index in [-0.39, 0.29) is 24.3 Å². The number of nitrogens with zero attached hydrogens (tertiary/aromatic N) is 1. The Bertz CT molecular complexity index is 791. The van der Waals surface area contributed by atoms with E-state index in [0.717, 1.165) is 11.3 Å². The second-order valence-electron chi connectivity index (χ2n) is 3.70. The molecule has 0 bridgehead atoms. The van der Waals surface area contributed by atoms with Crippen LogP contribution in [-0.4, -0.2) is 26.5 Å². The summed E-state index contributed by atoms with van der Waals surface area (Å²) >= 11 is 9.97. The predicted molar refractivity (Wildman–Crippen MR) is 83.4 cm³/mol. The van der Waals surface area contributed by atoms with E-state index in [9.17, 15) is 13.2 Å². The molecule has 0 aliphatic carbocycles. The molecule has 0 aromatic carbocycles. The number of sulfonamides is 1. The van der Waals surface area contributed by atoms with Gasteiger partial charge in [0.15, 0.2) is 0 Å².